The Morgan fingerprint density at radius 1 is 1.30 bits per heavy atom. The number of nitrogens with two attached hydrogens (primary N) is 1. The molecule has 1 atom stereocenters. The van der Waals surface area contributed by atoms with Gasteiger partial charge in [0.25, 0.3) is 5.91 Å². The first kappa shape index (κ1) is 18.7. The molecule has 0 aliphatic carbocycles. The third-order valence-electron chi connectivity index (χ3n) is 4.19. The van der Waals surface area contributed by atoms with Gasteiger partial charge in [0.2, 0.25) is 5.91 Å². The molecule has 0 saturated carbocycles. The van der Waals surface area contributed by atoms with Crippen molar-refractivity contribution in [2.24, 2.45) is 0 Å². The summed E-state index contributed by atoms with van der Waals surface area (Å²) in [4.78, 5) is 38.4. The first-order chi connectivity index (χ1) is 12.9. The van der Waals surface area contributed by atoms with Crippen LogP contribution in [0.1, 0.15) is 23.7 Å². The molecular formula is C19H18ClN3O4. The molecule has 27 heavy (non-hydrogen) atoms. The predicted molar refractivity (Wildman–Crippen MR) is 103 cm³/mol. The number of ether oxygens (including phenoxy) is 1. The molecule has 7 nitrogen and oxygen atoms in total. The van der Waals surface area contributed by atoms with Crippen molar-refractivity contribution in [3.63, 3.8) is 0 Å². The molecule has 2 amide bonds. The van der Waals surface area contributed by atoms with E-state index in [1.807, 2.05) is 0 Å². The Morgan fingerprint density at radius 2 is 2.04 bits per heavy atom. The Hall–Kier alpha value is -3.06. The molecule has 0 bridgehead atoms. The highest BCUT2D eigenvalue weighted by Gasteiger charge is 2.30. The number of nitrogens with zero attached hydrogens (tertiary/aromatic N) is 1. The fraction of sp³-hybridized carbons (Fsp3) is 0.211. The van der Waals surface area contributed by atoms with E-state index < -0.39 is 18.5 Å². The summed E-state index contributed by atoms with van der Waals surface area (Å²) in [6, 6.07) is 11.0. The van der Waals surface area contributed by atoms with Crippen LogP contribution in [0.25, 0.3) is 0 Å². The van der Waals surface area contributed by atoms with Crippen molar-refractivity contribution in [3.05, 3.63) is 53.1 Å². The number of para-hydroxylation sites is 2. The van der Waals surface area contributed by atoms with Gasteiger partial charge in [0.15, 0.2) is 6.61 Å². The van der Waals surface area contributed by atoms with Crippen LogP contribution in [0.5, 0.6) is 0 Å². The standard InChI is InChI=1S/C19H18ClN3O4/c1-11-8-17(24)22-15-4-2-3-5-16(15)23(11)18(25)10-27-19(26)13-7-6-12(20)9-14(13)21/h2-7,9,11H,8,10,21H2,1H3,(H,22,24). The van der Waals surface area contributed by atoms with E-state index in [4.69, 9.17) is 22.1 Å². The lowest BCUT2D eigenvalue weighted by Gasteiger charge is -2.27. The van der Waals surface area contributed by atoms with Crippen molar-refractivity contribution >= 4 is 46.4 Å². The van der Waals surface area contributed by atoms with Crippen molar-refractivity contribution in [1.29, 1.82) is 0 Å². The Labute approximate surface area is 161 Å². The number of hydrogen-bond acceptors (Lipinski definition) is 5. The Morgan fingerprint density at radius 3 is 2.78 bits per heavy atom. The number of fused-ring (bicyclic) bond motifs is 1. The molecule has 0 radical (unpaired) electrons. The van der Waals surface area contributed by atoms with Crippen molar-refractivity contribution in [3.8, 4) is 0 Å². The zero-order valence-corrected chi connectivity index (χ0v) is 15.3. The Kier molecular flexibility index (Phi) is 5.32. The molecule has 8 heteroatoms. The zero-order valence-electron chi connectivity index (χ0n) is 14.6. The van der Waals surface area contributed by atoms with Crippen LogP contribution in [0.15, 0.2) is 42.5 Å². The van der Waals surface area contributed by atoms with Crippen LogP contribution >= 0.6 is 11.6 Å². The second-order valence-corrected chi connectivity index (χ2v) is 6.63. The normalized spacial score (nSPS) is 16.1. The maximum absolute atomic E-state index is 12.8. The molecule has 1 aliphatic rings. The van der Waals surface area contributed by atoms with Gasteiger partial charge in [-0.25, -0.2) is 4.79 Å². The number of amides is 2. The van der Waals surface area contributed by atoms with E-state index in [2.05, 4.69) is 5.32 Å². The van der Waals surface area contributed by atoms with Gasteiger partial charge in [-0.1, -0.05) is 23.7 Å². The van der Waals surface area contributed by atoms with Gasteiger partial charge in [0.05, 0.1) is 16.9 Å². The van der Waals surface area contributed by atoms with E-state index in [9.17, 15) is 14.4 Å². The molecule has 0 spiro atoms. The molecule has 1 heterocycles. The molecular weight excluding hydrogens is 370 g/mol. The SMILES string of the molecule is CC1CC(=O)Nc2ccccc2N1C(=O)COC(=O)c1ccc(Cl)cc1N. The fourth-order valence-corrected chi connectivity index (χ4v) is 3.14. The third-order valence-corrected chi connectivity index (χ3v) is 4.42. The minimum absolute atomic E-state index is 0.133. The average Bonchev–Trinajstić information content (AvgIpc) is 2.73. The number of nitrogens with one attached hydrogen (secondary N) is 1. The molecule has 3 N–H and O–H groups in total. The lowest BCUT2D eigenvalue weighted by atomic mass is 10.1. The van der Waals surface area contributed by atoms with Crippen LogP contribution in [0.3, 0.4) is 0 Å². The number of anilines is 3. The van der Waals surface area contributed by atoms with E-state index in [1.54, 1.807) is 31.2 Å². The van der Waals surface area contributed by atoms with E-state index in [-0.39, 0.29) is 29.6 Å². The second-order valence-electron chi connectivity index (χ2n) is 6.19. The van der Waals surface area contributed by atoms with E-state index >= 15 is 0 Å². The highest BCUT2D eigenvalue weighted by Crippen LogP contribution is 2.31. The molecule has 0 aromatic heterocycles. The molecule has 140 valence electrons. The monoisotopic (exact) mass is 387 g/mol. The van der Waals surface area contributed by atoms with Gasteiger partial charge in [-0.2, -0.15) is 0 Å². The number of nitrogen functional groups attached to an aromatic ring is 1. The smallest absolute Gasteiger partial charge is 0.340 e. The summed E-state index contributed by atoms with van der Waals surface area (Å²) < 4.78 is 5.14. The summed E-state index contributed by atoms with van der Waals surface area (Å²) in [6.07, 6.45) is 0.137. The number of hydrogen-bond donors (Lipinski definition) is 2. The number of carbonyl (C=O) groups is 3. The van der Waals surface area contributed by atoms with Crippen molar-refractivity contribution < 1.29 is 19.1 Å². The topological polar surface area (TPSA) is 102 Å². The van der Waals surface area contributed by atoms with Crippen molar-refractivity contribution in [2.75, 3.05) is 22.6 Å². The van der Waals surface area contributed by atoms with E-state index in [0.29, 0.717) is 16.4 Å². The molecule has 2 aromatic carbocycles. The lowest BCUT2D eigenvalue weighted by molar-refractivity contribution is -0.122. The summed E-state index contributed by atoms with van der Waals surface area (Å²) in [5.74, 6) is -1.34. The van der Waals surface area contributed by atoms with Gasteiger partial charge in [0, 0.05) is 23.2 Å². The van der Waals surface area contributed by atoms with Crippen LogP contribution < -0.4 is 16.0 Å². The largest absolute Gasteiger partial charge is 0.452 e. The summed E-state index contributed by atoms with van der Waals surface area (Å²) in [6.45, 7) is 1.28. The number of carbonyl (C=O) groups excluding carboxylic acids is 3. The van der Waals surface area contributed by atoms with Gasteiger partial charge < -0.3 is 20.7 Å². The zero-order chi connectivity index (χ0) is 19.6. The van der Waals surface area contributed by atoms with E-state index in [0.717, 1.165) is 0 Å². The Bertz CT molecular complexity index is 916. The first-order valence-electron chi connectivity index (χ1n) is 8.30. The lowest BCUT2D eigenvalue weighted by Crippen LogP contribution is -2.41. The molecule has 3 rings (SSSR count). The van der Waals surface area contributed by atoms with Gasteiger partial charge >= 0.3 is 5.97 Å². The summed E-state index contributed by atoms with van der Waals surface area (Å²) in [7, 11) is 0. The highest BCUT2D eigenvalue weighted by atomic mass is 35.5. The van der Waals surface area contributed by atoms with Crippen LogP contribution in [0, 0.1) is 0 Å². The predicted octanol–water partition coefficient (Wildman–Crippen LogP) is 2.84. The number of benzene rings is 2. The quantitative estimate of drug-likeness (QED) is 0.622. The Balaban J connectivity index is 1.77. The van der Waals surface area contributed by atoms with Crippen LogP contribution in [-0.2, 0) is 14.3 Å². The highest BCUT2D eigenvalue weighted by molar-refractivity contribution is 6.31. The summed E-state index contributed by atoms with van der Waals surface area (Å²) in [5, 5.41) is 3.17. The maximum Gasteiger partial charge on any atom is 0.340 e. The summed E-state index contributed by atoms with van der Waals surface area (Å²) >= 11 is 5.82. The van der Waals surface area contributed by atoms with Crippen LogP contribution in [-0.4, -0.2) is 30.4 Å². The first-order valence-corrected chi connectivity index (χ1v) is 8.67. The average molecular weight is 388 g/mol. The maximum atomic E-state index is 12.8. The minimum atomic E-state index is -0.720. The van der Waals surface area contributed by atoms with Gasteiger partial charge in [0.1, 0.15) is 0 Å². The van der Waals surface area contributed by atoms with Gasteiger partial charge in [-0.3, -0.25) is 9.59 Å². The molecule has 1 aliphatic heterocycles. The number of rotatable bonds is 3. The number of halogens is 1. The molecule has 0 saturated heterocycles. The van der Waals surface area contributed by atoms with Crippen molar-refractivity contribution in [2.45, 2.75) is 19.4 Å². The van der Waals surface area contributed by atoms with Crippen molar-refractivity contribution in [1.82, 2.24) is 0 Å². The van der Waals surface area contributed by atoms with Gasteiger partial charge in [-0.15, -0.1) is 0 Å². The van der Waals surface area contributed by atoms with Crippen LogP contribution in [0.2, 0.25) is 5.02 Å². The third kappa shape index (κ3) is 4.03. The second kappa shape index (κ2) is 7.67. The van der Waals surface area contributed by atoms with Gasteiger partial charge in [-0.05, 0) is 37.3 Å². The number of esters is 1. The molecule has 0 fully saturated rings. The van der Waals surface area contributed by atoms with E-state index in [1.165, 1.54) is 23.1 Å². The summed E-state index contributed by atoms with van der Waals surface area (Å²) in [5.41, 5.74) is 7.16. The molecule has 1 unspecified atom stereocenters. The molecule has 2 aromatic rings. The minimum Gasteiger partial charge on any atom is -0.452 e. The van der Waals surface area contributed by atoms with Crippen LogP contribution in [0.4, 0.5) is 17.1 Å². The fourth-order valence-electron chi connectivity index (χ4n) is 2.96.